The van der Waals surface area contributed by atoms with Crippen molar-refractivity contribution in [3.05, 3.63) is 57.0 Å². The molecule has 0 N–H and O–H groups in total. The summed E-state index contributed by atoms with van der Waals surface area (Å²) in [6.07, 6.45) is 0. The molecule has 0 saturated carbocycles. The van der Waals surface area contributed by atoms with Crippen molar-refractivity contribution < 1.29 is 9.47 Å². The third-order valence-corrected chi connectivity index (χ3v) is 3.87. The highest BCUT2D eigenvalue weighted by Gasteiger charge is 2.04. The smallest absolute Gasteiger partial charge is 0.134 e. The van der Waals surface area contributed by atoms with Crippen molar-refractivity contribution in [3.63, 3.8) is 0 Å². The van der Waals surface area contributed by atoms with Gasteiger partial charge in [0, 0.05) is 10.0 Å². The summed E-state index contributed by atoms with van der Waals surface area (Å²) in [6.45, 7) is 0.520. The molecule has 18 heavy (non-hydrogen) atoms. The summed E-state index contributed by atoms with van der Waals surface area (Å²) in [6, 6.07) is 13.7. The van der Waals surface area contributed by atoms with E-state index in [4.69, 9.17) is 9.47 Å². The molecule has 2 aromatic rings. The molecule has 0 spiro atoms. The zero-order valence-corrected chi connectivity index (χ0v) is 13.0. The maximum Gasteiger partial charge on any atom is 0.134 e. The molecule has 2 nitrogen and oxygen atoms in total. The molecule has 0 amide bonds. The predicted octanol–water partition coefficient (Wildman–Crippen LogP) is 4.80. The van der Waals surface area contributed by atoms with E-state index in [-0.39, 0.29) is 0 Å². The van der Waals surface area contributed by atoms with E-state index in [1.54, 1.807) is 7.11 Å². The van der Waals surface area contributed by atoms with Gasteiger partial charge in [-0.15, -0.1) is 0 Å². The van der Waals surface area contributed by atoms with Gasteiger partial charge in [-0.25, -0.2) is 0 Å². The lowest BCUT2D eigenvalue weighted by molar-refractivity contribution is 0.302. The average molecular weight is 372 g/mol. The minimum Gasteiger partial charge on any atom is -0.497 e. The van der Waals surface area contributed by atoms with Crippen molar-refractivity contribution in [2.75, 3.05) is 7.11 Å². The minimum absolute atomic E-state index is 0.520. The van der Waals surface area contributed by atoms with Gasteiger partial charge in [0.15, 0.2) is 0 Å². The molecule has 4 heteroatoms. The molecular formula is C14H12Br2O2. The first-order valence-corrected chi connectivity index (χ1v) is 6.99. The lowest BCUT2D eigenvalue weighted by atomic mass is 10.2. The van der Waals surface area contributed by atoms with Crippen molar-refractivity contribution in [2.45, 2.75) is 6.61 Å². The molecule has 0 saturated heterocycles. The van der Waals surface area contributed by atoms with Gasteiger partial charge in [-0.2, -0.15) is 0 Å². The van der Waals surface area contributed by atoms with Crippen LogP contribution in [0.3, 0.4) is 0 Å². The van der Waals surface area contributed by atoms with Crippen LogP contribution in [0, 0.1) is 0 Å². The summed E-state index contributed by atoms with van der Waals surface area (Å²) in [7, 11) is 1.64. The van der Waals surface area contributed by atoms with Gasteiger partial charge in [-0.05, 0) is 40.2 Å². The maximum atomic E-state index is 5.77. The van der Waals surface area contributed by atoms with Crippen LogP contribution in [0.1, 0.15) is 5.56 Å². The van der Waals surface area contributed by atoms with Crippen molar-refractivity contribution in [1.29, 1.82) is 0 Å². The SMILES string of the molecule is COc1ccc(OCc2ccccc2Br)c(Br)c1. The lowest BCUT2D eigenvalue weighted by Crippen LogP contribution is -1.97. The fourth-order valence-corrected chi connectivity index (χ4v) is 2.37. The fourth-order valence-electron chi connectivity index (χ4n) is 1.50. The van der Waals surface area contributed by atoms with Gasteiger partial charge < -0.3 is 9.47 Å². The first-order valence-electron chi connectivity index (χ1n) is 5.40. The van der Waals surface area contributed by atoms with E-state index < -0.39 is 0 Å². The van der Waals surface area contributed by atoms with Crippen LogP contribution in [-0.4, -0.2) is 7.11 Å². The molecule has 0 radical (unpaired) electrons. The molecule has 94 valence electrons. The van der Waals surface area contributed by atoms with Crippen LogP contribution in [-0.2, 0) is 6.61 Å². The summed E-state index contributed by atoms with van der Waals surface area (Å²) in [4.78, 5) is 0. The summed E-state index contributed by atoms with van der Waals surface area (Å²) in [5, 5.41) is 0. The normalized spacial score (nSPS) is 10.2. The van der Waals surface area contributed by atoms with Crippen LogP contribution >= 0.6 is 31.9 Å². The second-order valence-electron chi connectivity index (χ2n) is 3.68. The van der Waals surface area contributed by atoms with E-state index in [9.17, 15) is 0 Å². The van der Waals surface area contributed by atoms with Crippen LogP contribution in [0.15, 0.2) is 51.4 Å². The minimum atomic E-state index is 0.520. The first-order chi connectivity index (χ1) is 8.70. The molecule has 0 fully saturated rings. The van der Waals surface area contributed by atoms with E-state index in [2.05, 4.69) is 31.9 Å². The topological polar surface area (TPSA) is 18.5 Å². The van der Waals surface area contributed by atoms with E-state index in [0.717, 1.165) is 26.0 Å². The van der Waals surface area contributed by atoms with Gasteiger partial charge in [0.1, 0.15) is 18.1 Å². The fraction of sp³-hybridized carbons (Fsp3) is 0.143. The van der Waals surface area contributed by atoms with Crippen LogP contribution < -0.4 is 9.47 Å². The van der Waals surface area contributed by atoms with Crippen LogP contribution in [0.25, 0.3) is 0 Å². The summed E-state index contributed by atoms with van der Waals surface area (Å²) >= 11 is 6.96. The molecule has 0 aliphatic heterocycles. The van der Waals surface area contributed by atoms with Crippen molar-refractivity contribution in [2.24, 2.45) is 0 Å². The number of benzene rings is 2. The number of hydrogen-bond acceptors (Lipinski definition) is 2. The van der Waals surface area contributed by atoms with Crippen LogP contribution in [0.2, 0.25) is 0 Å². The Kier molecular flexibility index (Phi) is 4.66. The van der Waals surface area contributed by atoms with Crippen LogP contribution in [0.5, 0.6) is 11.5 Å². The summed E-state index contributed by atoms with van der Waals surface area (Å²) < 4.78 is 12.8. The monoisotopic (exact) mass is 370 g/mol. The molecule has 2 aromatic carbocycles. The molecule has 0 bridgehead atoms. The second-order valence-corrected chi connectivity index (χ2v) is 5.39. The van der Waals surface area contributed by atoms with Gasteiger partial charge in [0.25, 0.3) is 0 Å². The zero-order chi connectivity index (χ0) is 13.0. The van der Waals surface area contributed by atoms with E-state index in [1.807, 2.05) is 42.5 Å². The molecular weight excluding hydrogens is 360 g/mol. The van der Waals surface area contributed by atoms with Crippen molar-refractivity contribution in [1.82, 2.24) is 0 Å². The van der Waals surface area contributed by atoms with E-state index in [1.165, 1.54) is 0 Å². The van der Waals surface area contributed by atoms with Gasteiger partial charge in [0.05, 0.1) is 11.6 Å². The molecule has 0 heterocycles. The van der Waals surface area contributed by atoms with E-state index >= 15 is 0 Å². The predicted molar refractivity (Wildman–Crippen MR) is 79.2 cm³/mol. The number of halogens is 2. The number of ether oxygens (including phenoxy) is 2. The van der Waals surface area contributed by atoms with Gasteiger partial charge in [-0.3, -0.25) is 0 Å². The van der Waals surface area contributed by atoms with Gasteiger partial charge >= 0.3 is 0 Å². The summed E-state index contributed by atoms with van der Waals surface area (Å²) in [5.41, 5.74) is 1.11. The summed E-state index contributed by atoms with van der Waals surface area (Å²) in [5.74, 6) is 1.60. The average Bonchev–Trinajstić information content (AvgIpc) is 2.39. The molecule has 0 aromatic heterocycles. The van der Waals surface area contributed by atoms with Crippen molar-refractivity contribution >= 4 is 31.9 Å². The van der Waals surface area contributed by atoms with Gasteiger partial charge in [-0.1, -0.05) is 34.1 Å². The highest BCUT2D eigenvalue weighted by atomic mass is 79.9. The zero-order valence-electron chi connectivity index (χ0n) is 9.82. The van der Waals surface area contributed by atoms with Gasteiger partial charge in [0.2, 0.25) is 0 Å². The Morgan fingerprint density at radius 3 is 2.44 bits per heavy atom. The Labute approximate surface area is 123 Å². The third-order valence-electron chi connectivity index (χ3n) is 2.48. The van der Waals surface area contributed by atoms with E-state index in [0.29, 0.717) is 6.61 Å². The van der Waals surface area contributed by atoms with Crippen LogP contribution in [0.4, 0.5) is 0 Å². The molecule has 0 unspecified atom stereocenters. The standard InChI is InChI=1S/C14H12Br2O2/c1-17-11-6-7-14(13(16)8-11)18-9-10-4-2-3-5-12(10)15/h2-8H,9H2,1H3. The lowest BCUT2D eigenvalue weighted by Gasteiger charge is -2.10. The molecule has 0 aliphatic carbocycles. The first kappa shape index (κ1) is 13.4. The second kappa shape index (κ2) is 6.25. The highest BCUT2D eigenvalue weighted by Crippen LogP contribution is 2.30. The Morgan fingerprint density at radius 2 is 1.78 bits per heavy atom. The third kappa shape index (κ3) is 3.27. The largest absolute Gasteiger partial charge is 0.497 e. The molecule has 0 atom stereocenters. The van der Waals surface area contributed by atoms with Crippen molar-refractivity contribution in [3.8, 4) is 11.5 Å². The Hall–Kier alpha value is -1.000. The molecule has 0 aliphatic rings. The Bertz CT molecular complexity index is 541. The number of hydrogen-bond donors (Lipinski definition) is 0. The maximum absolute atomic E-state index is 5.77. The Morgan fingerprint density at radius 1 is 1.00 bits per heavy atom. The number of methoxy groups -OCH3 is 1. The molecule has 2 rings (SSSR count). The Balaban J connectivity index is 2.09. The number of rotatable bonds is 4. The quantitative estimate of drug-likeness (QED) is 0.768. The highest BCUT2D eigenvalue weighted by molar-refractivity contribution is 9.10.